The molecule has 0 saturated carbocycles. The molecular formula is C24H24N2O4. The van der Waals surface area contributed by atoms with E-state index in [0.717, 1.165) is 5.56 Å². The zero-order valence-electron chi connectivity index (χ0n) is 17.1. The number of anilines is 1. The number of nitrogens with one attached hydrogen (secondary N) is 2. The zero-order chi connectivity index (χ0) is 21.5. The molecule has 0 fully saturated rings. The lowest BCUT2D eigenvalue weighted by atomic mass is 10.1. The van der Waals surface area contributed by atoms with E-state index in [1.165, 1.54) is 12.3 Å². The van der Waals surface area contributed by atoms with Crippen LogP contribution in [-0.4, -0.2) is 17.9 Å². The highest BCUT2D eigenvalue weighted by molar-refractivity contribution is 6.11. The van der Waals surface area contributed by atoms with Crippen molar-refractivity contribution in [1.82, 2.24) is 5.32 Å². The Balaban J connectivity index is 1.86. The highest BCUT2D eigenvalue weighted by atomic mass is 16.5. The third-order valence-corrected chi connectivity index (χ3v) is 4.10. The Morgan fingerprint density at radius 2 is 1.83 bits per heavy atom. The van der Waals surface area contributed by atoms with Gasteiger partial charge in [0.15, 0.2) is 0 Å². The number of rotatable bonds is 7. The Labute approximate surface area is 175 Å². The van der Waals surface area contributed by atoms with Crippen LogP contribution in [0.3, 0.4) is 0 Å². The summed E-state index contributed by atoms with van der Waals surface area (Å²) in [6.07, 6.45) is 2.92. The normalized spacial score (nSPS) is 11.3. The molecule has 3 aromatic rings. The number of carbonyl (C=O) groups is 2. The molecule has 6 heteroatoms. The number of ether oxygens (including phenoxy) is 1. The smallest absolute Gasteiger partial charge is 0.272 e. The molecule has 6 nitrogen and oxygen atoms in total. The molecular weight excluding hydrogens is 380 g/mol. The topological polar surface area (TPSA) is 80.6 Å². The van der Waals surface area contributed by atoms with Crippen molar-refractivity contribution in [1.29, 1.82) is 0 Å². The van der Waals surface area contributed by atoms with Crippen LogP contribution in [0.4, 0.5) is 5.69 Å². The summed E-state index contributed by atoms with van der Waals surface area (Å²) in [5.41, 5.74) is 1.96. The van der Waals surface area contributed by atoms with Gasteiger partial charge in [-0.25, -0.2) is 0 Å². The van der Waals surface area contributed by atoms with Crippen LogP contribution >= 0.6 is 0 Å². The predicted molar refractivity (Wildman–Crippen MR) is 116 cm³/mol. The molecule has 0 aliphatic heterocycles. The lowest BCUT2D eigenvalue weighted by molar-refractivity contribution is -0.113. The van der Waals surface area contributed by atoms with Crippen molar-refractivity contribution in [3.63, 3.8) is 0 Å². The molecule has 2 amide bonds. The number of hydrogen-bond donors (Lipinski definition) is 2. The number of benzene rings is 2. The number of amides is 2. The first-order chi connectivity index (χ1) is 14.4. The molecule has 0 aliphatic carbocycles. The lowest BCUT2D eigenvalue weighted by Gasteiger charge is -2.16. The largest absolute Gasteiger partial charge is 0.489 e. The highest BCUT2D eigenvalue weighted by Gasteiger charge is 2.17. The first-order valence-corrected chi connectivity index (χ1v) is 9.62. The molecule has 154 valence electrons. The van der Waals surface area contributed by atoms with Crippen LogP contribution in [-0.2, 0) is 4.79 Å². The standard InChI is InChI=1S/C24H24N2O4/c1-16(2)30-22-12-5-4-11-20(22)25-24(28)21(15-19-10-7-13-29-19)26-23(27)18-9-6-8-17(3)14-18/h4-16H,1-3H3,(H,25,28)(H,26,27)/b21-15-. The minimum absolute atomic E-state index is 0.0517. The lowest BCUT2D eigenvalue weighted by Crippen LogP contribution is -2.31. The van der Waals surface area contributed by atoms with Gasteiger partial charge in [0.2, 0.25) is 0 Å². The van der Waals surface area contributed by atoms with Crippen LogP contribution in [0.5, 0.6) is 5.75 Å². The molecule has 2 N–H and O–H groups in total. The van der Waals surface area contributed by atoms with Crippen LogP contribution in [0.2, 0.25) is 0 Å². The van der Waals surface area contributed by atoms with E-state index in [0.29, 0.717) is 22.8 Å². The van der Waals surface area contributed by atoms with Gasteiger partial charge in [-0.3, -0.25) is 9.59 Å². The minimum atomic E-state index is -0.493. The second kappa shape index (κ2) is 9.60. The summed E-state index contributed by atoms with van der Waals surface area (Å²) in [6.45, 7) is 5.71. The van der Waals surface area contributed by atoms with Gasteiger partial charge in [0.25, 0.3) is 11.8 Å². The van der Waals surface area contributed by atoms with Crippen LogP contribution in [0.1, 0.15) is 35.5 Å². The van der Waals surface area contributed by atoms with Gasteiger partial charge in [0, 0.05) is 11.6 Å². The van der Waals surface area contributed by atoms with E-state index in [9.17, 15) is 9.59 Å². The molecule has 30 heavy (non-hydrogen) atoms. The van der Waals surface area contributed by atoms with Gasteiger partial charge in [0.1, 0.15) is 17.2 Å². The first-order valence-electron chi connectivity index (χ1n) is 9.62. The molecule has 0 saturated heterocycles. The number of aryl methyl sites for hydroxylation is 1. The number of para-hydroxylation sites is 2. The Bertz CT molecular complexity index is 1050. The van der Waals surface area contributed by atoms with Crippen molar-refractivity contribution >= 4 is 23.6 Å². The van der Waals surface area contributed by atoms with Crippen LogP contribution < -0.4 is 15.4 Å². The van der Waals surface area contributed by atoms with Crippen LogP contribution in [0.15, 0.2) is 77.0 Å². The summed E-state index contributed by atoms with van der Waals surface area (Å²) in [4.78, 5) is 25.7. The molecule has 0 bridgehead atoms. The summed E-state index contributed by atoms with van der Waals surface area (Å²) in [6, 6.07) is 17.7. The van der Waals surface area contributed by atoms with Gasteiger partial charge in [-0.2, -0.15) is 0 Å². The number of hydrogen-bond acceptors (Lipinski definition) is 4. The van der Waals surface area contributed by atoms with Gasteiger partial charge in [0.05, 0.1) is 18.1 Å². The van der Waals surface area contributed by atoms with Crippen molar-refractivity contribution in [2.75, 3.05) is 5.32 Å². The maximum atomic E-state index is 13.0. The van der Waals surface area contributed by atoms with Crippen molar-refractivity contribution in [3.8, 4) is 5.75 Å². The van der Waals surface area contributed by atoms with Gasteiger partial charge in [-0.15, -0.1) is 0 Å². The molecule has 3 rings (SSSR count). The Morgan fingerprint density at radius 1 is 1.03 bits per heavy atom. The molecule has 0 aliphatic rings. The van der Waals surface area contributed by atoms with Gasteiger partial charge in [-0.1, -0.05) is 29.8 Å². The zero-order valence-corrected chi connectivity index (χ0v) is 17.1. The van der Waals surface area contributed by atoms with Gasteiger partial charge in [-0.05, 0) is 57.2 Å². The monoisotopic (exact) mass is 404 g/mol. The summed E-state index contributed by atoms with van der Waals surface area (Å²) in [5, 5.41) is 5.50. The third kappa shape index (κ3) is 5.61. The Kier molecular flexibility index (Phi) is 6.70. The van der Waals surface area contributed by atoms with E-state index in [1.54, 1.807) is 48.5 Å². The van der Waals surface area contributed by atoms with E-state index in [-0.39, 0.29) is 11.8 Å². The van der Waals surface area contributed by atoms with Crippen molar-refractivity contribution in [2.45, 2.75) is 26.9 Å². The predicted octanol–water partition coefficient (Wildman–Crippen LogP) is 4.78. The van der Waals surface area contributed by atoms with E-state index in [4.69, 9.17) is 9.15 Å². The summed E-state index contributed by atoms with van der Waals surface area (Å²) >= 11 is 0. The summed E-state index contributed by atoms with van der Waals surface area (Å²) in [7, 11) is 0. The average Bonchev–Trinajstić information content (AvgIpc) is 3.21. The maximum absolute atomic E-state index is 13.0. The van der Waals surface area contributed by atoms with Gasteiger partial charge < -0.3 is 19.8 Å². The molecule has 1 heterocycles. The minimum Gasteiger partial charge on any atom is -0.489 e. The maximum Gasteiger partial charge on any atom is 0.272 e. The second-order valence-corrected chi connectivity index (χ2v) is 7.01. The Morgan fingerprint density at radius 3 is 2.53 bits per heavy atom. The van der Waals surface area contributed by atoms with Gasteiger partial charge >= 0.3 is 0 Å². The van der Waals surface area contributed by atoms with E-state index in [2.05, 4.69) is 10.6 Å². The number of carbonyl (C=O) groups excluding carboxylic acids is 2. The fourth-order valence-electron chi connectivity index (χ4n) is 2.77. The van der Waals surface area contributed by atoms with Crippen molar-refractivity contribution in [2.24, 2.45) is 0 Å². The molecule has 0 radical (unpaired) electrons. The molecule has 1 aromatic heterocycles. The van der Waals surface area contributed by atoms with Crippen molar-refractivity contribution in [3.05, 3.63) is 89.5 Å². The molecule has 2 aromatic carbocycles. The SMILES string of the molecule is Cc1cccc(C(=O)N/C(=C\c2ccco2)C(=O)Nc2ccccc2OC(C)C)c1. The quantitative estimate of drug-likeness (QED) is 0.555. The summed E-state index contributed by atoms with van der Waals surface area (Å²) < 4.78 is 11.1. The third-order valence-electron chi connectivity index (χ3n) is 4.10. The molecule has 0 unspecified atom stereocenters. The fraction of sp³-hybridized carbons (Fsp3) is 0.167. The van der Waals surface area contributed by atoms with Crippen LogP contribution in [0, 0.1) is 6.92 Å². The average molecular weight is 404 g/mol. The molecule has 0 spiro atoms. The van der Waals surface area contributed by atoms with E-state index in [1.807, 2.05) is 32.9 Å². The second-order valence-electron chi connectivity index (χ2n) is 7.01. The Hall–Kier alpha value is -3.80. The fourth-order valence-corrected chi connectivity index (χ4v) is 2.77. The highest BCUT2D eigenvalue weighted by Crippen LogP contribution is 2.25. The molecule has 0 atom stereocenters. The first kappa shape index (κ1) is 20.9. The van der Waals surface area contributed by atoms with Crippen LogP contribution in [0.25, 0.3) is 6.08 Å². The number of furan rings is 1. The van der Waals surface area contributed by atoms with E-state index >= 15 is 0 Å². The van der Waals surface area contributed by atoms with Crippen molar-refractivity contribution < 1.29 is 18.7 Å². The summed E-state index contributed by atoms with van der Waals surface area (Å²) in [5.74, 6) is 0.102. The van der Waals surface area contributed by atoms with E-state index < -0.39 is 11.8 Å².